The fourth-order valence-electron chi connectivity index (χ4n) is 2.62. The van der Waals surface area contributed by atoms with Crippen molar-refractivity contribution in [2.45, 2.75) is 26.4 Å². The summed E-state index contributed by atoms with van der Waals surface area (Å²) in [6.07, 6.45) is -0.420. The van der Waals surface area contributed by atoms with Crippen LogP contribution in [0.4, 0.5) is 0 Å². The number of ether oxygens (including phenoxy) is 1. The van der Waals surface area contributed by atoms with E-state index in [2.05, 4.69) is 0 Å². The maximum absolute atomic E-state index is 13.1. The van der Waals surface area contributed by atoms with Crippen LogP contribution in [-0.4, -0.2) is 25.4 Å². The van der Waals surface area contributed by atoms with Gasteiger partial charge in [-0.05, 0) is 43.2 Å². The van der Waals surface area contributed by atoms with Crippen LogP contribution >= 0.6 is 7.60 Å². The van der Waals surface area contributed by atoms with Crippen molar-refractivity contribution in [3.05, 3.63) is 59.7 Å². The first-order valence-electron chi connectivity index (χ1n) is 8.33. The van der Waals surface area contributed by atoms with Crippen LogP contribution in [0.2, 0.25) is 0 Å². The second-order valence-corrected chi connectivity index (χ2v) is 7.45. The lowest BCUT2D eigenvalue weighted by Gasteiger charge is -2.21. The van der Waals surface area contributed by atoms with Crippen LogP contribution in [-0.2, 0) is 20.0 Å². The topological polar surface area (TPSA) is 65.0 Å². The van der Waals surface area contributed by atoms with Gasteiger partial charge in [0, 0.05) is 6.42 Å². The molecule has 5 nitrogen and oxygen atoms in total. The molecular weight excluding hydrogens is 339 g/mol. The molecular formula is C19H25O5P. The Labute approximate surface area is 149 Å². The van der Waals surface area contributed by atoms with Crippen LogP contribution < -0.4 is 10.0 Å². The Morgan fingerprint density at radius 2 is 1.60 bits per heavy atom. The molecule has 25 heavy (non-hydrogen) atoms. The summed E-state index contributed by atoms with van der Waals surface area (Å²) >= 11 is 0. The van der Waals surface area contributed by atoms with E-state index < -0.39 is 13.7 Å². The smallest absolute Gasteiger partial charge is 0.361 e. The molecule has 136 valence electrons. The number of benzene rings is 2. The van der Waals surface area contributed by atoms with Crippen LogP contribution in [0.1, 0.15) is 31.1 Å². The Balaban J connectivity index is 2.28. The highest BCUT2D eigenvalue weighted by atomic mass is 31.2. The number of aliphatic hydroxyl groups is 1. The van der Waals surface area contributed by atoms with Crippen LogP contribution in [0.3, 0.4) is 0 Å². The minimum absolute atomic E-state index is 0.284. The quantitative estimate of drug-likeness (QED) is 0.685. The Hall–Kier alpha value is -1.65. The summed E-state index contributed by atoms with van der Waals surface area (Å²) in [5, 5.41) is 11.1. The van der Waals surface area contributed by atoms with Gasteiger partial charge in [0.15, 0.2) is 0 Å². The van der Waals surface area contributed by atoms with Crippen LogP contribution in [0.5, 0.6) is 5.75 Å². The number of aliphatic hydroxyl groups excluding tert-OH is 1. The Kier molecular flexibility index (Phi) is 7.21. The molecule has 0 aromatic heterocycles. The zero-order valence-electron chi connectivity index (χ0n) is 14.8. The van der Waals surface area contributed by atoms with E-state index in [0.717, 1.165) is 16.9 Å². The lowest BCUT2D eigenvalue weighted by Crippen LogP contribution is -2.17. The Bertz CT molecular complexity index is 704. The summed E-state index contributed by atoms with van der Waals surface area (Å²) in [6.45, 7) is 4.13. The molecule has 0 fully saturated rings. The molecule has 0 bridgehead atoms. The highest BCUT2D eigenvalue weighted by Crippen LogP contribution is 2.48. The van der Waals surface area contributed by atoms with E-state index in [0.29, 0.717) is 11.7 Å². The molecule has 6 heteroatoms. The molecule has 2 aromatic rings. The summed E-state index contributed by atoms with van der Waals surface area (Å²) < 4.78 is 29.1. The van der Waals surface area contributed by atoms with Crippen LogP contribution in [0.25, 0.3) is 0 Å². The first kappa shape index (κ1) is 19.7. The van der Waals surface area contributed by atoms with E-state index >= 15 is 0 Å². The summed E-state index contributed by atoms with van der Waals surface area (Å²) in [7, 11) is -1.80. The number of hydrogen-bond donors (Lipinski definition) is 1. The van der Waals surface area contributed by atoms with Crippen molar-refractivity contribution in [2.75, 3.05) is 20.3 Å². The molecule has 0 saturated carbocycles. The molecule has 0 amide bonds. The van der Waals surface area contributed by atoms with Gasteiger partial charge >= 0.3 is 7.60 Å². The summed E-state index contributed by atoms with van der Waals surface area (Å²) in [4.78, 5) is 0. The molecule has 0 radical (unpaired) electrons. The molecule has 0 saturated heterocycles. The third-order valence-corrected chi connectivity index (χ3v) is 6.02. The highest BCUT2D eigenvalue weighted by molar-refractivity contribution is 7.62. The fraction of sp³-hybridized carbons (Fsp3) is 0.368. The number of hydrogen-bond acceptors (Lipinski definition) is 5. The van der Waals surface area contributed by atoms with E-state index in [9.17, 15) is 9.67 Å². The van der Waals surface area contributed by atoms with E-state index in [4.69, 9.17) is 13.8 Å². The third-order valence-electron chi connectivity index (χ3n) is 3.80. The molecule has 1 atom stereocenters. The molecule has 0 spiro atoms. The van der Waals surface area contributed by atoms with E-state index in [1.807, 2.05) is 24.3 Å². The van der Waals surface area contributed by atoms with E-state index in [-0.39, 0.29) is 13.2 Å². The van der Waals surface area contributed by atoms with Gasteiger partial charge < -0.3 is 18.9 Å². The SMILES string of the molecule is CCOP(=O)(OCC)c1ccccc1CC(O)c1ccc(OC)cc1. The molecule has 0 aliphatic carbocycles. The van der Waals surface area contributed by atoms with Crippen molar-refractivity contribution in [3.8, 4) is 5.75 Å². The molecule has 2 rings (SSSR count). The van der Waals surface area contributed by atoms with Gasteiger partial charge in [0.2, 0.25) is 0 Å². The zero-order chi connectivity index (χ0) is 18.3. The molecule has 2 aromatic carbocycles. The van der Waals surface area contributed by atoms with Crippen molar-refractivity contribution in [1.82, 2.24) is 0 Å². The van der Waals surface area contributed by atoms with Crippen molar-refractivity contribution in [1.29, 1.82) is 0 Å². The average molecular weight is 364 g/mol. The van der Waals surface area contributed by atoms with Crippen molar-refractivity contribution in [3.63, 3.8) is 0 Å². The van der Waals surface area contributed by atoms with E-state index in [1.54, 1.807) is 45.2 Å². The molecule has 1 unspecified atom stereocenters. The third kappa shape index (κ3) is 4.93. The standard InChI is InChI=1S/C19H25O5P/c1-4-23-25(21,24-5-2)19-9-7-6-8-16(19)14-18(20)15-10-12-17(22-3)13-11-15/h6-13,18,20H,4-5,14H2,1-3H3. The average Bonchev–Trinajstić information content (AvgIpc) is 2.62. The largest absolute Gasteiger partial charge is 0.497 e. The van der Waals surface area contributed by atoms with E-state index in [1.165, 1.54) is 0 Å². The van der Waals surface area contributed by atoms with Gasteiger partial charge in [0.05, 0.1) is 31.7 Å². The predicted molar refractivity (Wildman–Crippen MR) is 98.6 cm³/mol. The predicted octanol–water partition coefficient (Wildman–Crippen LogP) is 3.86. The van der Waals surface area contributed by atoms with Crippen molar-refractivity contribution in [2.24, 2.45) is 0 Å². The maximum Gasteiger partial charge on any atom is 0.361 e. The van der Waals surface area contributed by atoms with Gasteiger partial charge in [-0.15, -0.1) is 0 Å². The fourth-order valence-corrected chi connectivity index (χ4v) is 4.44. The van der Waals surface area contributed by atoms with Gasteiger partial charge in [-0.25, -0.2) is 0 Å². The van der Waals surface area contributed by atoms with Crippen LogP contribution in [0.15, 0.2) is 48.5 Å². The van der Waals surface area contributed by atoms with Crippen molar-refractivity contribution < 1.29 is 23.5 Å². The lowest BCUT2D eigenvalue weighted by atomic mass is 10.0. The first-order valence-corrected chi connectivity index (χ1v) is 9.88. The minimum atomic E-state index is -3.40. The lowest BCUT2D eigenvalue weighted by molar-refractivity contribution is 0.178. The van der Waals surface area contributed by atoms with Gasteiger partial charge in [0.1, 0.15) is 5.75 Å². The normalized spacial score (nSPS) is 12.8. The summed E-state index contributed by atoms with van der Waals surface area (Å²) in [5.74, 6) is 0.730. The van der Waals surface area contributed by atoms with Gasteiger partial charge in [-0.1, -0.05) is 30.3 Å². The first-order chi connectivity index (χ1) is 12.0. The molecule has 1 N–H and O–H groups in total. The second kappa shape index (κ2) is 9.16. The van der Waals surface area contributed by atoms with Crippen molar-refractivity contribution >= 4 is 12.9 Å². The zero-order valence-corrected chi connectivity index (χ0v) is 15.7. The van der Waals surface area contributed by atoms with Gasteiger partial charge in [0.25, 0.3) is 0 Å². The molecule has 0 aliphatic heterocycles. The van der Waals surface area contributed by atoms with Crippen LogP contribution in [0, 0.1) is 0 Å². The summed E-state index contributed by atoms with van der Waals surface area (Å²) in [6, 6.07) is 14.5. The minimum Gasteiger partial charge on any atom is -0.497 e. The highest BCUT2D eigenvalue weighted by Gasteiger charge is 2.29. The Morgan fingerprint density at radius 3 is 2.16 bits per heavy atom. The molecule has 0 aliphatic rings. The monoisotopic (exact) mass is 364 g/mol. The van der Waals surface area contributed by atoms with Gasteiger partial charge in [-0.2, -0.15) is 0 Å². The number of methoxy groups -OCH3 is 1. The number of rotatable bonds is 9. The summed E-state index contributed by atoms with van der Waals surface area (Å²) in [5.41, 5.74) is 1.51. The maximum atomic E-state index is 13.1. The second-order valence-electron chi connectivity index (χ2n) is 5.45. The Morgan fingerprint density at radius 1 is 1.00 bits per heavy atom. The van der Waals surface area contributed by atoms with Gasteiger partial charge in [-0.3, -0.25) is 4.57 Å². The molecule has 0 heterocycles.